The van der Waals surface area contributed by atoms with E-state index in [1.165, 1.54) is 12.0 Å². The van der Waals surface area contributed by atoms with Crippen LogP contribution in [0.25, 0.3) is 0 Å². The van der Waals surface area contributed by atoms with Gasteiger partial charge < -0.3 is 24.4 Å². The number of carbonyl (C=O) groups excluding carboxylic acids is 3. The van der Waals surface area contributed by atoms with Gasteiger partial charge in [0, 0.05) is 7.05 Å². The van der Waals surface area contributed by atoms with Crippen molar-refractivity contribution in [2.24, 2.45) is 10.9 Å². The van der Waals surface area contributed by atoms with E-state index in [0.717, 1.165) is 5.56 Å². The van der Waals surface area contributed by atoms with E-state index in [0.29, 0.717) is 6.42 Å². The number of nitrogens with one attached hydrogen (secondary N) is 1. The van der Waals surface area contributed by atoms with Crippen molar-refractivity contribution in [3.05, 3.63) is 35.9 Å². The largest absolute Gasteiger partial charge is 0.476 e. The fraction of sp³-hybridized carbons (Fsp3) is 0.565. The number of hydrogen-bond acceptors (Lipinski definition) is 7. The van der Waals surface area contributed by atoms with Crippen LogP contribution in [-0.4, -0.2) is 67.2 Å². The van der Waals surface area contributed by atoms with Gasteiger partial charge in [-0.05, 0) is 25.3 Å². The lowest BCUT2D eigenvalue weighted by atomic mass is 9.95. The average Bonchev–Trinajstić information content (AvgIpc) is 3.21. The molecule has 176 valence electrons. The zero-order valence-electron chi connectivity index (χ0n) is 19.6. The SMILES string of the molecule is CC[C@H](C)[C@@H](C(=O)OC)N(C)C(=O)[C@]1(C)COC([C@H](C)NC(=O)OCc2ccccc2)=N1. The van der Waals surface area contributed by atoms with Crippen LogP contribution in [0.3, 0.4) is 0 Å². The summed E-state index contributed by atoms with van der Waals surface area (Å²) >= 11 is 0. The van der Waals surface area contributed by atoms with Crippen molar-refractivity contribution in [3.8, 4) is 0 Å². The fourth-order valence-corrected chi connectivity index (χ4v) is 3.48. The summed E-state index contributed by atoms with van der Waals surface area (Å²) in [6, 6.07) is 8.00. The minimum absolute atomic E-state index is 0.00495. The second-order valence-corrected chi connectivity index (χ2v) is 8.21. The van der Waals surface area contributed by atoms with Gasteiger partial charge in [-0.15, -0.1) is 0 Å². The molecule has 32 heavy (non-hydrogen) atoms. The third kappa shape index (κ3) is 5.99. The Labute approximate surface area is 189 Å². The van der Waals surface area contributed by atoms with Crippen molar-refractivity contribution in [2.45, 2.75) is 58.3 Å². The lowest BCUT2D eigenvalue weighted by molar-refractivity contribution is -0.155. The van der Waals surface area contributed by atoms with Crippen molar-refractivity contribution in [1.29, 1.82) is 0 Å². The molecule has 1 aromatic carbocycles. The molecule has 0 spiro atoms. The van der Waals surface area contributed by atoms with E-state index in [9.17, 15) is 14.4 Å². The van der Waals surface area contributed by atoms with Gasteiger partial charge in [0.25, 0.3) is 5.91 Å². The summed E-state index contributed by atoms with van der Waals surface area (Å²) in [6.07, 6.45) is 0.0813. The number of benzene rings is 1. The molecule has 0 aliphatic carbocycles. The van der Waals surface area contributed by atoms with E-state index in [4.69, 9.17) is 14.2 Å². The molecule has 0 bridgehead atoms. The van der Waals surface area contributed by atoms with Crippen LogP contribution in [0, 0.1) is 5.92 Å². The number of rotatable bonds is 9. The lowest BCUT2D eigenvalue weighted by Gasteiger charge is -2.33. The highest BCUT2D eigenvalue weighted by Crippen LogP contribution is 2.25. The van der Waals surface area contributed by atoms with Gasteiger partial charge in [-0.3, -0.25) is 4.79 Å². The van der Waals surface area contributed by atoms with Crippen LogP contribution < -0.4 is 5.32 Å². The van der Waals surface area contributed by atoms with Gasteiger partial charge in [-0.25, -0.2) is 14.6 Å². The Kier molecular flexibility index (Phi) is 8.63. The van der Waals surface area contributed by atoms with E-state index in [1.54, 1.807) is 20.9 Å². The van der Waals surface area contributed by atoms with Gasteiger partial charge in [0.15, 0.2) is 5.54 Å². The molecule has 9 heteroatoms. The molecule has 1 N–H and O–H groups in total. The average molecular weight is 448 g/mol. The van der Waals surface area contributed by atoms with Crippen molar-refractivity contribution in [2.75, 3.05) is 20.8 Å². The molecule has 0 saturated heterocycles. The predicted molar refractivity (Wildman–Crippen MR) is 119 cm³/mol. The molecule has 0 saturated carbocycles. The summed E-state index contributed by atoms with van der Waals surface area (Å²) in [5.74, 6) is -0.699. The minimum atomic E-state index is -1.21. The number of ether oxygens (including phenoxy) is 3. The Balaban J connectivity index is 2.02. The number of carbonyl (C=O) groups is 3. The van der Waals surface area contributed by atoms with Crippen molar-refractivity contribution in [1.82, 2.24) is 10.2 Å². The molecule has 0 unspecified atom stereocenters. The standard InChI is InChI=1S/C23H33N3O6/c1-7-15(2)18(20(27)30-6)26(5)21(28)23(4)14-32-19(25-23)16(3)24-22(29)31-13-17-11-9-8-10-12-17/h8-12,15-16,18H,7,13-14H2,1-6H3,(H,24,29)/t15-,16-,18-,23-/m0/s1. The van der Waals surface area contributed by atoms with Gasteiger partial charge in [0.1, 0.15) is 25.3 Å². The summed E-state index contributed by atoms with van der Waals surface area (Å²) in [5, 5.41) is 2.66. The van der Waals surface area contributed by atoms with Crippen molar-refractivity contribution >= 4 is 23.9 Å². The van der Waals surface area contributed by atoms with E-state index < -0.39 is 29.7 Å². The predicted octanol–water partition coefficient (Wildman–Crippen LogP) is 2.53. The zero-order chi connectivity index (χ0) is 23.9. The smallest absolute Gasteiger partial charge is 0.408 e. The summed E-state index contributed by atoms with van der Waals surface area (Å²) in [4.78, 5) is 43.5. The van der Waals surface area contributed by atoms with Crippen LogP contribution in [-0.2, 0) is 30.4 Å². The summed E-state index contributed by atoms with van der Waals surface area (Å²) in [7, 11) is 2.87. The van der Waals surface area contributed by atoms with Crippen molar-refractivity contribution in [3.63, 3.8) is 0 Å². The summed E-state index contributed by atoms with van der Waals surface area (Å²) < 4.78 is 15.8. The highest BCUT2D eigenvalue weighted by atomic mass is 16.5. The monoisotopic (exact) mass is 447 g/mol. The number of amides is 2. The number of hydrogen-bond donors (Lipinski definition) is 1. The fourth-order valence-electron chi connectivity index (χ4n) is 3.48. The minimum Gasteiger partial charge on any atom is -0.476 e. The first-order chi connectivity index (χ1) is 15.1. The van der Waals surface area contributed by atoms with Crippen LogP contribution >= 0.6 is 0 Å². The number of likely N-dealkylation sites (N-methyl/N-ethyl adjacent to an activating group) is 1. The Hall–Kier alpha value is -3.10. The highest BCUT2D eigenvalue weighted by molar-refractivity contribution is 5.96. The van der Waals surface area contributed by atoms with E-state index in [2.05, 4.69) is 10.3 Å². The molecule has 2 amide bonds. The number of aliphatic imine (C=N–C) groups is 1. The molecule has 1 aliphatic heterocycles. The van der Waals surface area contributed by atoms with Gasteiger partial charge in [0.05, 0.1) is 7.11 Å². The Morgan fingerprint density at radius 3 is 2.50 bits per heavy atom. The lowest BCUT2D eigenvalue weighted by Crippen LogP contribution is -2.54. The van der Waals surface area contributed by atoms with E-state index in [1.807, 2.05) is 44.2 Å². The first-order valence-electron chi connectivity index (χ1n) is 10.7. The quantitative estimate of drug-likeness (QED) is 0.583. The number of nitrogens with zero attached hydrogens (tertiary/aromatic N) is 2. The molecule has 0 fully saturated rings. The van der Waals surface area contributed by atoms with E-state index in [-0.39, 0.29) is 30.9 Å². The van der Waals surface area contributed by atoms with Gasteiger partial charge in [-0.1, -0.05) is 50.6 Å². The first-order valence-corrected chi connectivity index (χ1v) is 10.7. The Morgan fingerprint density at radius 1 is 1.25 bits per heavy atom. The second kappa shape index (κ2) is 11.0. The van der Waals surface area contributed by atoms with Gasteiger partial charge in [-0.2, -0.15) is 0 Å². The topological polar surface area (TPSA) is 107 Å². The number of methoxy groups -OCH3 is 1. The summed E-state index contributed by atoms with van der Waals surface area (Å²) in [6.45, 7) is 7.31. The summed E-state index contributed by atoms with van der Waals surface area (Å²) in [5.41, 5.74) is -0.347. The molecule has 1 aliphatic rings. The first kappa shape index (κ1) is 25.2. The Bertz CT molecular complexity index is 843. The van der Waals surface area contributed by atoms with Crippen LogP contribution in [0.15, 0.2) is 35.3 Å². The van der Waals surface area contributed by atoms with Crippen LogP contribution in [0.4, 0.5) is 4.79 Å². The number of esters is 1. The normalized spacial score (nSPS) is 20.2. The third-order valence-corrected chi connectivity index (χ3v) is 5.60. The molecule has 9 nitrogen and oxygen atoms in total. The molecular weight excluding hydrogens is 414 g/mol. The van der Waals surface area contributed by atoms with Crippen LogP contribution in [0.1, 0.15) is 39.7 Å². The maximum atomic E-state index is 13.2. The van der Waals surface area contributed by atoms with Gasteiger partial charge >= 0.3 is 12.1 Å². The molecular formula is C23H33N3O6. The third-order valence-electron chi connectivity index (χ3n) is 5.60. The Morgan fingerprint density at radius 2 is 1.91 bits per heavy atom. The molecule has 0 aromatic heterocycles. The molecule has 1 heterocycles. The molecule has 1 aromatic rings. The number of alkyl carbamates (subject to hydrolysis) is 1. The van der Waals surface area contributed by atoms with E-state index >= 15 is 0 Å². The van der Waals surface area contributed by atoms with Gasteiger partial charge in [0.2, 0.25) is 5.90 Å². The maximum absolute atomic E-state index is 13.2. The highest BCUT2D eigenvalue weighted by Gasteiger charge is 2.45. The van der Waals surface area contributed by atoms with Crippen LogP contribution in [0.5, 0.6) is 0 Å². The zero-order valence-corrected chi connectivity index (χ0v) is 19.6. The van der Waals surface area contributed by atoms with Crippen molar-refractivity contribution < 1.29 is 28.6 Å². The molecule has 0 radical (unpaired) electrons. The molecule has 4 atom stereocenters. The van der Waals surface area contributed by atoms with Crippen LogP contribution in [0.2, 0.25) is 0 Å². The maximum Gasteiger partial charge on any atom is 0.408 e. The second-order valence-electron chi connectivity index (χ2n) is 8.21. The molecule has 2 rings (SSSR count).